The molecule has 126 valence electrons. The number of anilines is 1. The van der Waals surface area contributed by atoms with Crippen LogP contribution in [0.1, 0.15) is 42.5 Å². The second-order valence-electron chi connectivity index (χ2n) is 6.50. The van der Waals surface area contributed by atoms with E-state index in [4.69, 9.17) is 4.74 Å². The molecule has 3 rings (SSSR count). The highest BCUT2D eigenvalue weighted by Gasteiger charge is 2.36. The van der Waals surface area contributed by atoms with E-state index in [1.165, 1.54) is 25.7 Å². The highest BCUT2D eigenvalue weighted by molar-refractivity contribution is 5.94. The lowest BCUT2D eigenvalue weighted by Crippen LogP contribution is -2.52. The zero-order chi connectivity index (χ0) is 16.1. The van der Waals surface area contributed by atoms with Crippen LogP contribution < -0.4 is 10.2 Å². The van der Waals surface area contributed by atoms with E-state index in [2.05, 4.69) is 15.2 Å². The SMILES string of the molecule is O=C(N[C@]1(CO)CCOC1)c1ccc(N2CCCCCC2)nc1. The Morgan fingerprint density at radius 2 is 2.09 bits per heavy atom. The molecule has 6 heteroatoms. The first-order valence-corrected chi connectivity index (χ1v) is 8.45. The number of nitrogens with zero attached hydrogens (tertiary/aromatic N) is 2. The summed E-state index contributed by atoms with van der Waals surface area (Å²) in [4.78, 5) is 19.1. The molecular formula is C17H25N3O3. The number of aliphatic hydroxyl groups excluding tert-OH is 1. The summed E-state index contributed by atoms with van der Waals surface area (Å²) in [7, 11) is 0. The Labute approximate surface area is 136 Å². The number of hydrogen-bond acceptors (Lipinski definition) is 5. The Morgan fingerprint density at radius 3 is 2.65 bits per heavy atom. The van der Waals surface area contributed by atoms with Crippen LogP contribution in [-0.2, 0) is 4.74 Å². The van der Waals surface area contributed by atoms with E-state index in [-0.39, 0.29) is 12.5 Å². The minimum atomic E-state index is -0.652. The van der Waals surface area contributed by atoms with Gasteiger partial charge in [-0.3, -0.25) is 4.79 Å². The molecule has 2 saturated heterocycles. The van der Waals surface area contributed by atoms with Crippen molar-refractivity contribution in [2.75, 3.05) is 37.8 Å². The smallest absolute Gasteiger partial charge is 0.253 e. The van der Waals surface area contributed by atoms with E-state index < -0.39 is 5.54 Å². The van der Waals surface area contributed by atoms with Crippen LogP contribution in [0.15, 0.2) is 18.3 Å². The lowest BCUT2D eigenvalue weighted by Gasteiger charge is -2.26. The highest BCUT2D eigenvalue weighted by Crippen LogP contribution is 2.20. The number of aromatic nitrogens is 1. The minimum absolute atomic E-state index is 0.113. The van der Waals surface area contributed by atoms with Gasteiger partial charge in [-0.2, -0.15) is 0 Å². The van der Waals surface area contributed by atoms with Crippen LogP contribution in [-0.4, -0.2) is 54.4 Å². The number of carbonyl (C=O) groups excluding carboxylic acids is 1. The van der Waals surface area contributed by atoms with Crippen molar-refractivity contribution in [2.24, 2.45) is 0 Å². The summed E-state index contributed by atoms with van der Waals surface area (Å²) in [5, 5.41) is 12.4. The standard InChI is InChI=1S/C17H25N3O3/c21-12-17(7-10-23-13-17)19-16(22)14-5-6-15(18-11-14)20-8-3-1-2-4-9-20/h5-6,11,21H,1-4,7-10,12-13H2,(H,19,22)/t17-/m0/s1. The van der Waals surface area contributed by atoms with E-state index in [0.29, 0.717) is 25.2 Å². The van der Waals surface area contributed by atoms with Crippen LogP contribution in [0.4, 0.5) is 5.82 Å². The molecule has 3 heterocycles. The lowest BCUT2D eigenvalue weighted by atomic mass is 9.99. The van der Waals surface area contributed by atoms with Crippen molar-refractivity contribution in [3.8, 4) is 0 Å². The van der Waals surface area contributed by atoms with Crippen molar-refractivity contribution >= 4 is 11.7 Å². The first kappa shape index (κ1) is 16.2. The summed E-state index contributed by atoms with van der Waals surface area (Å²) in [5.74, 6) is 0.726. The van der Waals surface area contributed by atoms with E-state index in [0.717, 1.165) is 18.9 Å². The third-order valence-electron chi connectivity index (χ3n) is 4.72. The Balaban J connectivity index is 1.65. The van der Waals surface area contributed by atoms with Gasteiger partial charge in [-0.1, -0.05) is 12.8 Å². The van der Waals surface area contributed by atoms with Crippen LogP contribution in [0, 0.1) is 0 Å². The van der Waals surface area contributed by atoms with Crippen LogP contribution in [0.25, 0.3) is 0 Å². The monoisotopic (exact) mass is 319 g/mol. The molecule has 0 unspecified atom stereocenters. The molecule has 2 N–H and O–H groups in total. The third kappa shape index (κ3) is 3.82. The quantitative estimate of drug-likeness (QED) is 0.876. The molecule has 6 nitrogen and oxygen atoms in total. The average Bonchev–Trinajstić information content (AvgIpc) is 2.88. The summed E-state index contributed by atoms with van der Waals surface area (Å²) < 4.78 is 5.30. The van der Waals surface area contributed by atoms with E-state index in [1.54, 1.807) is 6.20 Å². The predicted molar refractivity (Wildman–Crippen MR) is 87.6 cm³/mol. The maximum Gasteiger partial charge on any atom is 0.253 e. The largest absolute Gasteiger partial charge is 0.394 e. The first-order valence-electron chi connectivity index (χ1n) is 8.45. The third-order valence-corrected chi connectivity index (χ3v) is 4.72. The second kappa shape index (κ2) is 7.27. The molecule has 0 saturated carbocycles. The van der Waals surface area contributed by atoms with Gasteiger partial charge >= 0.3 is 0 Å². The van der Waals surface area contributed by atoms with Crippen molar-refractivity contribution in [1.29, 1.82) is 0 Å². The molecule has 23 heavy (non-hydrogen) atoms. The molecule has 2 aliphatic rings. The molecule has 2 fully saturated rings. The molecule has 0 aromatic carbocycles. The maximum absolute atomic E-state index is 12.4. The van der Waals surface area contributed by atoms with Crippen molar-refractivity contribution in [3.63, 3.8) is 0 Å². The number of pyridine rings is 1. The van der Waals surface area contributed by atoms with Gasteiger partial charge in [0.2, 0.25) is 0 Å². The normalized spacial score (nSPS) is 25.2. The van der Waals surface area contributed by atoms with Gasteiger partial charge < -0.3 is 20.1 Å². The molecule has 0 spiro atoms. The number of nitrogens with one attached hydrogen (secondary N) is 1. The number of hydrogen-bond donors (Lipinski definition) is 2. The van der Waals surface area contributed by atoms with Crippen molar-refractivity contribution in [1.82, 2.24) is 10.3 Å². The van der Waals surface area contributed by atoms with E-state index in [9.17, 15) is 9.90 Å². The van der Waals surface area contributed by atoms with Crippen molar-refractivity contribution in [3.05, 3.63) is 23.9 Å². The molecule has 1 aromatic heterocycles. The summed E-state index contributed by atoms with van der Waals surface area (Å²) in [6, 6.07) is 3.72. The molecule has 0 radical (unpaired) electrons. The molecule has 0 aliphatic carbocycles. The maximum atomic E-state index is 12.4. The fourth-order valence-electron chi connectivity index (χ4n) is 3.19. The number of ether oxygens (including phenoxy) is 1. The Bertz CT molecular complexity index is 518. The zero-order valence-corrected chi connectivity index (χ0v) is 13.5. The Morgan fingerprint density at radius 1 is 1.30 bits per heavy atom. The lowest BCUT2D eigenvalue weighted by molar-refractivity contribution is 0.0789. The first-order chi connectivity index (χ1) is 11.2. The van der Waals surface area contributed by atoms with Crippen LogP contribution in [0.3, 0.4) is 0 Å². The van der Waals surface area contributed by atoms with Gasteiger partial charge in [0.25, 0.3) is 5.91 Å². The van der Waals surface area contributed by atoms with Crippen LogP contribution in [0.2, 0.25) is 0 Å². The number of rotatable bonds is 4. The summed E-state index contributed by atoms with van der Waals surface area (Å²) in [6.45, 7) is 2.87. The van der Waals surface area contributed by atoms with Crippen LogP contribution >= 0.6 is 0 Å². The summed E-state index contributed by atoms with van der Waals surface area (Å²) in [6.07, 6.45) is 7.21. The van der Waals surface area contributed by atoms with Gasteiger partial charge in [0, 0.05) is 25.9 Å². The van der Waals surface area contributed by atoms with Crippen LogP contribution in [0.5, 0.6) is 0 Å². The van der Waals surface area contributed by atoms with Gasteiger partial charge in [0.1, 0.15) is 5.82 Å². The van der Waals surface area contributed by atoms with Gasteiger partial charge in [0.15, 0.2) is 0 Å². The van der Waals surface area contributed by atoms with E-state index >= 15 is 0 Å². The van der Waals surface area contributed by atoms with Crippen molar-refractivity contribution in [2.45, 2.75) is 37.6 Å². The molecule has 1 amide bonds. The van der Waals surface area contributed by atoms with Gasteiger partial charge in [-0.25, -0.2) is 4.98 Å². The number of aliphatic hydroxyl groups is 1. The molecule has 1 atom stereocenters. The average molecular weight is 319 g/mol. The number of carbonyl (C=O) groups is 1. The summed E-state index contributed by atoms with van der Waals surface area (Å²) >= 11 is 0. The zero-order valence-electron chi connectivity index (χ0n) is 13.5. The topological polar surface area (TPSA) is 74.7 Å². The van der Waals surface area contributed by atoms with Gasteiger partial charge in [0.05, 0.1) is 24.3 Å². The minimum Gasteiger partial charge on any atom is -0.394 e. The Hall–Kier alpha value is -1.66. The second-order valence-corrected chi connectivity index (χ2v) is 6.50. The fourth-order valence-corrected chi connectivity index (χ4v) is 3.19. The number of amides is 1. The van der Waals surface area contributed by atoms with Gasteiger partial charge in [-0.05, 0) is 31.4 Å². The van der Waals surface area contributed by atoms with Crippen molar-refractivity contribution < 1.29 is 14.6 Å². The molecular weight excluding hydrogens is 294 g/mol. The van der Waals surface area contributed by atoms with Gasteiger partial charge in [-0.15, -0.1) is 0 Å². The van der Waals surface area contributed by atoms with E-state index in [1.807, 2.05) is 12.1 Å². The Kier molecular flexibility index (Phi) is 5.13. The summed E-state index contributed by atoms with van der Waals surface area (Å²) in [5.41, 5.74) is -0.135. The predicted octanol–water partition coefficient (Wildman–Crippen LogP) is 1.34. The highest BCUT2D eigenvalue weighted by atomic mass is 16.5. The fraction of sp³-hybridized carbons (Fsp3) is 0.647. The molecule has 0 bridgehead atoms. The molecule has 2 aliphatic heterocycles. The molecule has 1 aromatic rings.